The zero-order valence-corrected chi connectivity index (χ0v) is 11.6. The number of hydrogen-bond acceptors (Lipinski definition) is 2. The van der Waals surface area contributed by atoms with Gasteiger partial charge in [-0.3, -0.25) is 0 Å². The summed E-state index contributed by atoms with van der Waals surface area (Å²) in [5.41, 5.74) is 8.09. The summed E-state index contributed by atoms with van der Waals surface area (Å²) in [4.78, 5) is 0. The smallest absolute Gasteiger partial charge is 0.162 e. The summed E-state index contributed by atoms with van der Waals surface area (Å²) < 4.78 is 32.0. The van der Waals surface area contributed by atoms with Crippen molar-refractivity contribution in [1.82, 2.24) is 0 Å². The highest BCUT2D eigenvalue weighted by molar-refractivity contribution is 5.73. The molecular formula is C18H13F2NO. The first kappa shape index (κ1) is 14.1. The fraction of sp³-hybridized carbons (Fsp3) is 0. The largest absolute Gasteiger partial charge is 0.457 e. The third-order valence-electron chi connectivity index (χ3n) is 3.21. The molecule has 0 bridgehead atoms. The Hall–Kier alpha value is -2.88. The molecule has 110 valence electrons. The molecule has 0 atom stereocenters. The average molecular weight is 297 g/mol. The minimum absolute atomic E-state index is 0.210. The van der Waals surface area contributed by atoms with Crippen molar-refractivity contribution < 1.29 is 13.5 Å². The van der Waals surface area contributed by atoms with Gasteiger partial charge in [0.15, 0.2) is 11.6 Å². The highest BCUT2D eigenvalue weighted by atomic mass is 19.2. The average Bonchev–Trinajstić information content (AvgIpc) is 2.52. The van der Waals surface area contributed by atoms with Gasteiger partial charge in [0.25, 0.3) is 0 Å². The lowest BCUT2D eigenvalue weighted by molar-refractivity contribution is 0.463. The van der Waals surface area contributed by atoms with Crippen molar-refractivity contribution >= 4 is 5.69 Å². The molecule has 22 heavy (non-hydrogen) atoms. The summed E-state index contributed by atoms with van der Waals surface area (Å²) in [5, 5.41) is 0. The van der Waals surface area contributed by atoms with Crippen LogP contribution in [-0.4, -0.2) is 0 Å². The lowest BCUT2D eigenvalue weighted by atomic mass is 10.0. The first-order valence-corrected chi connectivity index (χ1v) is 6.71. The standard InChI is InChI=1S/C18H13F2NO/c19-16-9-7-14(11-17(16)20)22-18-10-13(21)6-8-15(18)12-4-2-1-3-5-12/h1-11H,21H2. The van der Waals surface area contributed by atoms with E-state index in [1.165, 1.54) is 6.07 Å². The van der Waals surface area contributed by atoms with Crippen LogP contribution < -0.4 is 10.5 Å². The number of hydrogen-bond donors (Lipinski definition) is 1. The normalized spacial score (nSPS) is 10.5. The molecule has 2 N–H and O–H groups in total. The Morgan fingerprint density at radius 2 is 1.55 bits per heavy atom. The molecule has 0 aliphatic rings. The van der Waals surface area contributed by atoms with Gasteiger partial charge >= 0.3 is 0 Å². The van der Waals surface area contributed by atoms with E-state index in [1.807, 2.05) is 36.4 Å². The van der Waals surface area contributed by atoms with Crippen LogP contribution in [0.15, 0.2) is 66.7 Å². The highest BCUT2D eigenvalue weighted by Gasteiger charge is 2.10. The molecule has 4 heteroatoms. The van der Waals surface area contributed by atoms with Crippen molar-refractivity contribution in [3.8, 4) is 22.6 Å². The summed E-state index contributed by atoms with van der Waals surface area (Å²) in [7, 11) is 0. The van der Waals surface area contributed by atoms with Crippen LogP contribution in [0.25, 0.3) is 11.1 Å². The number of nitrogen functional groups attached to an aromatic ring is 1. The molecule has 3 aromatic carbocycles. The SMILES string of the molecule is Nc1ccc(-c2ccccc2)c(Oc2ccc(F)c(F)c2)c1. The second kappa shape index (κ2) is 5.85. The number of anilines is 1. The van der Waals surface area contributed by atoms with Crippen LogP contribution in [0.5, 0.6) is 11.5 Å². The van der Waals surface area contributed by atoms with Gasteiger partial charge in [-0.1, -0.05) is 30.3 Å². The maximum Gasteiger partial charge on any atom is 0.162 e. The quantitative estimate of drug-likeness (QED) is 0.690. The van der Waals surface area contributed by atoms with E-state index in [9.17, 15) is 8.78 Å². The van der Waals surface area contributed by atoms with E-state index >= 15 is 0 Å². The Balaban J connectivity index is 2.02. The zero-order chi connectivity index (χ0) is 15.5. The van der Waals surface area contributed by atoms with Gasteiger partial charge in [-0.2, -0.15) is 0 Å². The van der Waals surface area contributed by atoms with E-state index in [0.717, 1.165) is 23.3 Å². The van der Waals surface area contributed by atoms with Crippen molar-refractivity contribution in [2.75, 3.05) is 5.73 Å². The minimum Gasteiger partial charge on any atom is -0.457 e. The molecule has 2 nitrogen and oxygen atoms in total. The van der Waals surface area contributed by atoms with E-state index in [0.29, 0.717) is 11.4 Å². The second-order valence-corrected chi connectivity index (χ2v) is 4.80. The molecule has 0 radical (unpaired) electrons. The summed E-state index contributed by atoms with van der Waals surface area (Å²) in [6.07, 6.45) is 0. The molecule has 0 aromatic heterocycles. The molecule has 0 saturated heterocycles. The summed E-state index contributed by atoms with van der Waals surface area (Å²) in [5.74, 6) is -1.18. The number of rotatable bonds is 3. The Labute approximate surface area is 126 Å². The molecule has 0 saturated carbocycles. The van der Waals surface area contributed by atoms with Gasteiger partial charge in [-0.25, -0.2) is 8.78 Å². The molecule has 3 aromatic rings. The third kappa shape index (κ3) is 2.91. The topological polar surface area (TPSA) is 35.2 Å². The van der Waals surface area contributed by atoms with Gasteiger partial charge in [-0.05, 0) is 29.8 Å². The van der Waals surface area contributed by atoms with Crippen molar-refractivity contribution in [2.45, 2.75) is 0 Å². The lowest BCUT2D eigenvalue weighted by Gasteiger charge is -2.12. The second-order valence-electron chi connectivity index (χ2n) is 4.80. The fourth-order valence-corrected chi connectivity index (χ4v) is 2.15. The molecule has 0 unspecified atom stereocenters. The van der Waals surface area contributed by atoms with Gasteiger partial charge in [0.1, 0.15) is 11.5 Å². The van der Waals surface area contributed by atoms with Crippen LogP contribution in [0.2, 0.25) is 0 Å². The number of ether oxygens (including phenoxy) is 1. The third-order valence-corrected chi connectivity index (χ3v) is 3.21. The predicted molar refractivity (Wildman–Crippen MR) is 82.7 cm³/mol. The van der Waals surface area contributed by atoms with Gasteiger partial charge in [-0.15, -0.1) is 0 Å². The Morgan fingerprint density at radius 1 is 0.773 bits per heavy atom. The van der Waals surface area contributed by atoms with E-state index in [4.69, 9.17) is 10.5 Å². The first-order chi connectivity index (χ1) is 10.6. The van der Waals surface area contributed by atoms with E-state index in [2.05, 4.69) is 0 Å². The lowest BCUT2D eigenvalue weighted by Crippen LogP contribution is -1.93. The van der Waals surface area contributed by atoms with Crippen LogP contribution in [0.1, 0.15) is 0 Å². The maximum atomic E-state index is 13.3. The van der Waals surface area contributed by atoms with Crippen molar-refractivity contribution in [3.63, 3.8) is 0 Å². The molecule has 0 spiro atoms. The molecule has 3 rings (SSSR count). The van der Waals surface area contributed by atoms with E-state index in [1.54, 1.807) is 12.1 Å². The van der Waals surface area contributed by atoms with E-state index in [-0.39, 0.29) is 5.75 Å². The molecule has 0 fully saturated rings. The highest BCUT2D eigenvalue weighted by Crippen LogP contribution is 2.35. The summed E-state index contributed by atoms with van der Waals surface area (Å²) >= 11 is 0. The zero-order valence-electron chi connectivity index (χ0n) is 11.6. The summed E-state index contributed by atoms with van der Waals surface area (Å²) in [6, 6.07) is 18.3. The molecular weight excluding hydrogens is 284 g/mol. The monoisotopic (exact) mass is 297 g/mol. The Bertz CT molecular complexity index is 803. The van der Waals surface area contributed by atoms with E-state index < -0.39 is 11.6 Å². The molecule has 0 amide bonds. The van der Waals surface area contributed by atoms with Gasteiger partial charge in [0, 0.05) is 23.4 Å². The van der Waals surface area contributed by atoms with Crippen molar-refractivity contribution in [3.05, 3.63) is 78.4 Å². The molecule has 0 heterocycles. The first-order valence-electron chi connectivity index (χ1n) is 6.71. The Morgan fingerprint density at radius 3 is 2.27 bits per heavy atom. The number of nitrogens with two attached hydrogens (primary N) is 1. The van der Waals surface area contributed by atoms with Crippen LogP contribution in [0.3, 0.4) is 0 Å². The number of benzene rings is 3. The van der Waals surface area contributed by atoms with Crippen LogP contribution in [0, 0.1) is 11.6 Å². The van der Waals surface area contributed by atoms with Gasteiger partial charge < -0.3 is 10.5 Å². The van der Waals surface area contributed by atoms with Crippen LogP contribution in [0.4, 0.5) is 14.5 Å². The number of halogens is 2. The van der Waals surface area contributed by atoms with Crippen molar-refractivity contribution in [2.24, 2.45) is 0 Å². The van der Waals surface area contributed by atoms with Crippen LogP contribution in [-0.2, 0) is 0 Å². The fourth-order valence-electron chi connectivity index (χ4n) is 2.15. The Kier molecular flexibility index (Phi) is 3.74. The maximum absolute atomic E-state index is 13.3. The van der Waals surface area contributed by atoms with Gasteiger partial charge in [0.2, 0.25) is 0 Å². The predicted octanol–water partition coefficient (Wildman–Crippen LogP) is 5.01. The minimum atomic E-state index is -0.956. The molecule has 0 aliphatic heterocycles. The van der Waals surface area contributed by atoms with Gasteiger partial charge in [0.05, 0.1) is 0 Å². The van der Waals surface area contributed by atoms with Crippen molar-refractivity contribution in [1.29, 1.82) is 0 Å². The summed E-state index contributed by atoms with van der Waals surface area (Å²) in [6.45, 7) is 0. The molecule has 0 aliphatic carbocycles. The van der Waals surface area contributed by atoms with Crippen LogP contribution >= 0.6 is 0 Å².